The fourth-order valence-corrected chi connectivity index (χ4v) is 4.17. The van der Waals surface area contributed by atoms with Crippen LogP contribution in [0, 0.1) is 5.92 Å². The number of piperazine rings is 1. The smallest absolute Gasteiger partial charge is 0.225 e. The minimum absolute atomic E-state index is 0.219. The van der Waals surface area contributed by atoms with E-state index in [4.69, 9.17) is 0 Å². The van der Waals surface area contributed by atoms with Gasteiger partial charge in [-0.1, -0.05) is 54.6 Å². The molecule has 0 radical (unpaired) electrons. The molecule has 1 aliphatic heterocycles. The molecular formula is C23H24N4O. The summed E-state index contributed by atoms with van der Waals surface area (Å²) in [7, 11) is 0. The standard InChI is InChI=1S/C23H24N4O/c1-16-15-26(23(28)18-11-12-18)13-14-27(16)22-20-10-6-5-9-19(20)21(24-25-22)17-7-3-2-4-8-17/h2-10,16,18H,11-15H2,1H3/t16-/m1/s1. The van der Waals surface area contributed by atoms with E-state index in [1.807, 2.05) is 23.1 Å². The molecule has 0 N–H and O–H groups in total. The van der Waals surface area contributed by atoms with E-state index in [1.165, 1.54) is 0 Å². The number of aromatic nitrogens is 2. The Labute approximate surface area is 165 Å². The van der Waals surface area contributed by atoms with Gasteiger partial charge in [-0.25, -0.2) is 0 Å². The fourth-order valence-electron chi connectivity index (χ4n) is 4.17. The van der Waals surface area contributed by atoms with Crippen LogP contribution >= 0.6 is 0 Å². The molecule has 1 atom stereocenters. The van der Waals surface area contributed by atoms with Crippen LogP contribution in [0.15, 0.2) is 54.6 Å². The predicted octanol–water partition coefficient (Wildman–Crippen LogP) is 3.74. The Morgan fingerprint density at radius 1 is 0.929 bits per heavy atom. The zero-order chi connectivity index (χ0) is 19.1. The van der Waals surface area contributed by atoms with Crippen molar-refractivity contribution in [2.75, 3.05) is 24.5 Å². The first-order valence-corrected chi connectivity index (χ1v) is 10.1. The molecular weight excluding hydrogens is 348 g/mol. The summed E-state index contributed by atoms with van der Waals surface area (Å²) in [4.78, 5) is 16.8. The van der Waals surface area contributed by atoms with Crippen molar-refractivity contribution in [3.8, 4) is 11.3 Å². The van der Waals surface area contributed by atoms with Gasteiger partial charge in [-0.2, -0.15) is 0 Å². The molecule has 2 aliphatic rings. The Balaban J connectivity index is 1.49. The van der Waals surface area contributed by atoms with E-state index in [0.29, 0.717) is 5.91 Å². The number of amides is 1. The van der Waals surface area contributed by atoms with Crippen molar-refractivity contribution in [3.63, 3.8) is 0 Å². The van der Waals surface area contributed by atoms with Gasteiger partial charge in [0.15, 0.2) is 5.82 Å². The first kappa shape index (κ1) is 17.2. The molecule has 1 saturated heterocycles. The zero-order valence-corrected chi connectivity index (χ0v) is 16.1. The van der Waals surface area contributed by atoms with Crippen molar-refractivity contribution in [1.29, 1.82) is 0 Å². The van der Waals surface area contributed by atoms with Crippen LogP contribution < -0.4 is 4.90 Å². The van der Waals surface area contributed by atoms with Crippen LogP contribution in [0.25, 0.3) is 22.0 Å². The molecule has 1 aromatic heterocycles. The number of hydrogen-bond acceptors (Lipinski definition) is 4. The number of carbonyl (C=O) groups is 1. The van der Waals surface area contributed by atoms with Gasteiger partial charge >= 0.3 is 0 Å². The summed E-state index contributed by atoms with van der Waals surface area (Å²) in [5.74, 6) is 1.53. The maximum Gasteiger partial charge on any atom is 0.225 e. The van der Waals surface area contributed by atoms with Crippen LogP contribution in [0.3, 0.4) is 0 Å². The second-order valence-corrected chi connectivity index (χ2v) is 7.88. The summed E-state index contributed by atoms with van der Waals surface area (Å²) in [5, 5.41) is 11.5. The third-order valence-electron chi connectivity index (χ3n) is 5.85. The Morgan fingerprint density at radius 3 is 2.36 bits per heavy atom. The first-order valence-electron chi connectivity index (χ1n) is 10.1. The molecule has 2 fully saturated rings. The van der Waals surface area contributed by atoms with E-state index in [9.17, 15) is 4.79 Å². The average molecular weight is 372 g/mol. The van der Waals surface area contributed by atoms with Crippen molar-refractivity contribution in [3.05, 3.63) is 54.6 Å². The minimum Gasteiger partial charge on any atom is -0.348 e. The van der Waals surface area contributed by atoms with E-state index in [2.05, 4.69) is 58.4 Å². The molecule has 1 aliphatic carbocycles. The van der Waals surface area contributed by atoms with Gasteiger partial charge in [-0.05, 0) is 19.8 Å². The van der Waals surface area contributed by atoms with Crippen LogP contribution in [0.2, 0.25) is 0 Å². The third kappa shape index (κ3) is 3.01. The number of nitrogens with zero attached hydrogens (tertiary/aromatic N) is 4. The summed E-state index contributed by atoms with van der Waals surface area (Å²) < 4.78 is 0. The van der Waals surface area contributed by atoms with Gasteiger partial charge in [0.1, 0.15) is 5.69 Å². The number of carbonyl (C=O) groups excluding carboxylic acids is 1. The lowest BCUT2D eigenvalue weighted by molar-refractivity contribution is -0.133. The molecule has 5 nitrogen and oxygen atoms in total. The second kappa shape index (κ2) is 6.89. The maximum atomic E-state index is 12.4. The normalized spacial score (nSPS) is 19.8. The van der Waals surface area contributed by atoms with Gasteiger partial charge in [0.25, 0.3) is 0 Å². The Kier molecular flexibility index (Phi) is 4.23. The Hall–Kier alpha value is -2.95. The number of hydrogen-bond donors (Lipinski definition) is 0. The highest BCUT2D eigenvalue weighted by Crippen LogP contribution is 2.34. The SMILES string of the molecule is C[C@@H]1CN(C(=O)C2CC2)CCN1c1nnc(-c2ccccc2)c2ccccc12. The topological polar surface area (TPSA) is 49.3 Å². The zero-order valence-electron chi connectivity index (χ0n) is 16.1. The quantitative estimate of drug-likeness (QED) is 0.703. The van der Waals surface area contributed by atoms with E-state index >= 15 is 0 Å². The summed E-state index contributed by atoms with van der Waals surface area (Å²) >= 11 is 0. The van der Waals surface area contributed by atoms with Crippen molar-refractivity contribution in [1.82, 2.24) is 15.1 Å². The van der Waals surface area contributed by atoms with Gasteiger partial charge in [0.2, 0.25) is 5.91 Å². The van der Waals surface area contributed by atoms with Crippen molar-refractivity contribution in [2.45, 2.75) is 25.8 Å². The van der Waals surface area contributed by atoms with Gasteiger partial charge in [0.05, 0.1) is 0 Å². The summed E-state index contributed by atoms with van der Waals surface area (Å²) in [5.41, 5.74) is 1.99. The van der Waals surface area contributed by atoms with Gasteiger partial charge < -0.3 is 9.80 Å². The first-order chi connectivity index (χ1) is 13.7. The summed E-state index contributed by atoms with van der Waals surface area (Å²) in [6.07, 6.45) is 2.12. The number of fused-ring (bicyclic) bond motifs is 1. The van der Waals surface area contributed by atoms with Crippen molar-refractivity contribution >= 4 is 22.5 Å². The van der Waals surface area contributed by atoms with Crippen LogP contribution in [-0.2, 0) is 4.79 Å². The lowest BCUT2D eigenvalue weighted by Crippen LogP contribution is -2.54. The highest BCUT2D eigenvalue weighted by molar-refractivity contribution is 6.00. The van der Waals surface area contributed by atoms with E-state index in [1.54, 1.807) is 0 Å². The molecule has 1 amide bonds. The fraction of sp³-hybridized carbons (Fsp3) is 0.348. The molecule has 5 heteroatoms. The van der Waals surface area contributed by atoms with Crippen molar-refractivity contribution in [2.24, 2.45) is 5.92 Å². The van der Waals surface area contributed by atoms with E-state index in [-0.39, 0.29) is 12.0 Å². The predicted molar refractivity (Wildman–Crippen MR) is 111 cm³/mol. The van der Waals surface area contributed by atoms with Gasteiger partial charge in [0, 0.05) is 47.9 Å². The highest BCUT2D eigenvalue weighted by atomic mass is 16.2. The minimum atomic E-state index is 0.219. The molecule has 2 aromatic carbocycles. The lowest BCUT2D eigenvalue weighted by atomic mass is 10.0. The lowest BCUT2D eigenvalue weighted by Gasteiger charge is -2.40. The Morgan fingerprint density at radius 2 is 1.64 bits per heavy atom. The molecule has 28 heavy (non-hydrogen) atoms. The molecule has 5 rings (SSSR count). The van der Waals surface area contributed by atoms with Crippen LogP contribution in [0.5, 0.6) is 0 Å². The van der Waals surface area contributed by atoms with Gasteiger partial charge in [-0.15, -0.1) is 10.2 Å². The van der Waals surface area contributed by atoms with Gasteiger partial charge in [-0.3, -0.25) is 4.79 Å². The maximum absolute atomic E-state index is 12.4. The molecule has 3 aromatic rings. The monoisotopic (exact) mass is 372 g/mol. The van der Waals surface area contributed by atoms with Crippen LogP contribution in [-0.4, -0.2) is 46.7 Å². The second-order valence-electron chi connectivity index (χ2n) is 7.88. The van der Waals surface area contributed by atoms with Crippen LogP contribution in [0.1, 0.15) is 19.8 Å². The largest absolute Gasteiger partial charge is 0.348 e. The molecule has 142 valence electrons. The number of rotatable bonds is 3. The molecule has 1 saturated carbocycles. The molecule has 0 bridgehead atoms. The Bertz CT molecular complexity index is 1020. The molecule has 2 heterocycles. The van der Waals surface area contributed by atoms with Crippen molar-refractivity contribution < 1.29 is 4.79 Å². The molecule has 0 unspecified atom stereocenters. The van der Waals surface area contributed by atoms with E-state index < -0.39 is 0 Å². The highest BCUT2D eigenvalue weighted by Gasteiger charge is 2.36. The van der Waals surface area contributed by atoms with E-state index in [0.717, 1.165) is 60.3 Å². The summed E-state index contributed by atoms with van der Waals surface area (Å²) in [6, 6.07) is 18.8. The number of anilines is 1. The number of benzene rings is 2. The summed E-state index contributed by atoms with van der Waals surface area (Å²) in [6.45, 7) is 4.48. The molecule has 0 spiro atoms. The van der Waals surface area contributed by atoms with Crippen LogP contribution in [0.4, 0.5) is 5.82 Å². The average Bonchev–Trinajstić information content (AvgIpc) is 3.59. The third-order valence-corrected chi connectivity index (χ3v) is 5.85.